The lowest BCUT2D eigenvalue weighted by atomic mass is 10.1. The molecule has 0 atom stereocenters. The first-order chi connectivity index (χ1) is 25.4. The molecule has 0 aliphatic heterocycles. The van der Waals surface area contributed by atoms with Crippen LogP contribution in [0.15, 0.2) is 104 Å². The number of rotatable bonds is 10. The van der Waals surface area contributed by atoms with E-state index in [-0.39, 0.29) is 39.2 Å². The highest BCUT2D eigenvalue weighted by molar-refractivity contribution is 7.86. The molecule has 5 aromatic rings. The van der Waals surface area contributed by atoms with Gasteiger partial charge in [0.1, 0.15) is 0 Å². The summed E-state index contributed by atoms with van der Waals surface area (Å²) in [7, 11) is -12.2. The summed E-state index contributed by atoms with van der Waals surface area (Å²) in [4.78, 5) is 32.5. The van der Waals surface area contributed by atoms with Crippen molar-refractivity contribution in [3.63, 3.8) is 0 Å². The molecule has 0 saturated carbocycles. The van der Waals surface area contributed by atoms with Gasteiger partial charge in [-0.3, -0.25) is 23.2 Å². The Morgan fingerprint density at radius 3 is 1.73 bits per heavy atom. The number of alkyl halides is 3. The number of hydrogen-bond donors (Lipinski definition) is 5. The monoisotopic (exact) mass is 823 g/mol. The van der Waals surface area contributed by atoms with Crippen molar-refractivity contribution in [2.45, 2.75) is 20.9 Å². The Labute approximate surface area is 309 Å². The van der Waals surface area contributed by atoms with Crippen LogP contribution in [-0.2, 0) is 36.5 Å². The van der Waals surface area contributed by atoms with Gasteiger partial charge in [-0.1, -0.05) is 18.2 Å². The number of anilines is 3. The van der Waals surface area contributed by atoms with Crippen LogP contribution in [0.2, 0.25) is 0 Å². The topological polar surface area (TPSA) is 275 Å². The van der Waals surface area contributed by atoms with Crippen molar-refractivity contribution >= 4 is 81.6 Å². The molecule has 18 nitrogen and oxygen atoms in total. The van der Waals surface area contributed by atoms with Crippen LogP contribution in [-0.4, -0.2) is 74.8 Å². The molecule has 0 saturated heterocycles. The van der Waals surface area contributed by atoms with Gasteiger partial charge in [0, 0.05) is 30.6 Å². The summed E-state index contributed by atoms with van der Waals surface area (Å²) in [5.74, 6) is -4.29. The van der Waals surface area contributed by atoms with E-state index in [9.17, 15) is 61.7 Å². The first-order valence-electron chi connectivity index (χ1n) is 14.8. The summed E-state index contributed by atoms with van der Waals surface area (Å²) >= 11 is 0. The van der Waals surface area contributed by atoms with Crippen molar-refractivity contribution in [2.24, 2.45) is 10.2 Å². The van der Waals surface area contributed by atoms with Gasteiger partial charge in [0.25, 0.3) is 42.2 Å². The molecular weight excluding hydrogens is 800 g/mol. The lowest BCUT2D eigenvalue weighted by Crippen LogP contribution is -2.21. The summed E-state index contributed by atoms with van der Waals surface area (Å²) in [6, 6.07) is 13.6. The van der Waals surface area contributed by atoms with Crippen molar-refractivity contribution in [3.05, 3.63) is 95.8 Å². The van der Waals surface area contributed by atoms with Gasteiger partial charge in [-0.25, -0.2) is 9.97 Å². The highest BCUT2D eigenvalue weighted by Gasteiger charge is 2.35. The van der Waals surface area contributed by atoms with Crippen molar-refractivity contribution in [1.82, 2.24) is 9.97 Å². The second-order valence-electron chi connectivity index (χ2n) is 11.4. The lowest BCUT2D eigenvalue weighted by molar-refractivity contribution is -0.144. The molecule has 0 fully saturated rings. The van der Waals surface area contributed by atoms with E-state index in [1.165, 1.54) is 49.3 Å². The summed E-state index contributed by atoms with van der Waals surface area (Å²) in [6.07, 6.45) is -4.98. The van der Waals surface area contributed by atoms with Gasteiger partial charge < -0.3 is 15.5 Å². The number of amides is 2. The summed E-state index contributed by atoms with van der Waals surface area (Å²) in [5.41, 5.74) is -1.94. The van der Waals surface area contributed by atoms with Gasteiger partial charge in [0.05, 0.1) is 43.0 Å². The fourth-order valence-electron chi connectivity index (χ4n) is 4.90. The number of carbonyl (C=O) groups is 2. The molecule has 0 aliphatic rings. The fraction of sp³-hybridized carbons (Fsp3) is 0.0968. The van der Waals surface area contributed by atoms with E-state index >= 15 is 0 Å². The largest absolute Gasteiger partial charge is 0.451 e. The van der Waals surface area contributed by atoms with E-state index in [0.29, 0.717) is 18.2 Å². The molecule has 0 aliphatic carbocycles. The Morgan fingerprint density at radius 1 is 0.673 bits per heavy atom. The molecule has 0 radical (unpaired) electrons. The van der Waals surface area contributed by atoms with Gasteiger partial charge in [0.15, 0.2) is 5.82 Å². The van der Waals surface area contributed by atoms with Crippen molar-refractivity contribution in [2.75, 3.05) is 29.6 Å². The molecule has 288 valence electrons. The highest BCUT2D eigenvalue weighted by Crippen LogP contribution is 2.40. The number of halogens is 3. The van der Waals surface area contributed by atoms with Crippen LogP contribution in [0, 0.1) is 0 Å². The van der Waals surface area contributed by atoms with Crippen LogP contribution < -0.4 is 15.5 Å². The molecule has 24 heteroatoms. The maximum absolute atomic E-state index is 13.7. The quantitative estimate of drug-likeness (QED) is 0.0875. The third-order valence-corrected chi connectivity index (χ3v) is 9.78. The predicted molar refractivity (Wildman–Crippen MR) is 188 cm³/mol. The SMILES string of the molecule is CN(C)c1c(NC(=O)c2cccc(S(=O)(=O)O)c2)cc(N=Nc2nc(C(F)(F)F)nc3ccccc23)cc1NC(=O)c1cc(S(=O)(=O)O)cc(S(=O)(=O)O)c1. The molecule has 55 heavy (non-hydrogen) atoms. The van der Waals surface area contributed by atoms with Crippen LogP contribution >= 0.6 is 0 Å². The Kier molecular flexibility index (Phi) is 10.8. The molecular formula is C31H24F3N7O11S3. The van der Waals surface area contributed by atoms with Gasteiger partial charge in [0.2, 0.25) is 5.82 Å². The molecule has 0 spiro atoms. The maximum Gasteiger partial charge on any atom is 0.451 e. The van der Waals surface area contributed by atoms with Crippen molar-refractivity contribution < 1.29 is 61.7 Å². The smallest absolute Gasteiger partial charge is 0.374 e. The first-order valence-corrected chi connectivity index (χ1v) is 19.2. The molecule has 5 rings (SSSR count). The average Bonchev–Trinajstić information content (AvgIpc) is 3.08. The maximum atomic E-state index is 13.7. The molecule has 0 unspecified atom stereocenters. The minimum absolute atomic E-state index is 0.0423. The van der Waals surface area contributed by atoms with Crippen LogP contribution in [0.1, 0.15) is 26.5 Å². The van der Waals surface area contributed by atoms with E-state index in [0.717, 1.165) is 30.3 Å². The first kappa shape index (κ1) is 40.3. The molecule has 2 amide bonds. The average molecular weight is 824 g/mol. The molecule has 1 aromatic heterocycles. The Morgan fingerprint density at radius 2 is 1.20 bits per heavy atom. The van der Waals surface area contributed by atoms with Crippen LogP contribution in [0.3, 0.4) is 0 Å². The van der Waals surface area contributed by atoms with Crippen molar-refractivity contribution in [1.29, 1.82) is 0 Å². The summed E-state index contributed by atoms with van der Waals surface area (Å²) in [5, 5.41) is 12.8. The number of fused-ring (bicyclic) bond motifs is 1. The third kappa shape index (κ3) is 9.42. The standard InChI is InChI=1S/C31H24F3N7O11S3/c1-41(2)26-24(35-28(42)16-6-5-7-19(10-16)53(44,45)46)13-18(39-40-27-22-8-3-4-9-23(22)37-30(38-27)31(32,33)34)14-25(26)36-29(43)17-11-20(54(47,48)49)15-21(12-17)55(50,51)52/h3-15H,1-2H3,(H,35,42)(H,36,43)(H,44,45,46)(H,47,48,49)(H,50,51,52). The number of benzene rings is 4. The van der Waals surface area contributed by atoms with E-state index in [1.54, 1.807) is 0 Å². The van der Waals surface area contributed by atoms with E-state index in [2.05, 4.69) is 30.8 Å². The van der Waals surface area contributed by atoms with Gasteiger partial charge >= 0.3 is 6.18 Å². The zero-order chi connectivity index (χ0) is 40.7. The number of hydrogen-bond acceptors (Lipinski definition) is 13. The second kappa shape index (κ2) is 14.7. The number of para-hydroxylation sites is 1. The van der Waals surface area contributed by atoms with E-state index < -0.39 is 80.2 Å². The van der Waals surface area contributed by atoms with Gasteiger partial charge in [-0.15, -0.1) is 10.2 Å². The molecule has 5 N–H and O–H groups in total. The summed E-state index contributed by atoms with van der Waals surface area (Å²) in [6.45, 7) is 0. The molecule has 0 bridgehead atoms. The van der Waals surface area contributed by atoms with Crippen LogP contribution in [0.4, 0.5) is 41.7 Å². The number of azo groups is 1. The van der Waals surface area contributed by atoms with Crippen LogP contribution in [0.25, 0.3) is 10.9 Å². The highest BCUT2D eigenvalue weighted by atomic mass is 32.2. The third-order valence-electron chi connectivity index (χ3n) is 7.27. The molecule has 4 aromatic carbocycles. The molecule has 1 heterocycles. The number of aromatic nitrogens is 2. The fourth-order valence-corrected chi connectivity index (χ4v) is 6.61. The van der Waals surface area contributed by atoms with Gasteiger partial charge in [-0.05, 0) is 60.7 Å². The minimum Gasteiger partial charge on any atom is -0.374 e. The Bertz CT molecular complexity index is 2710. The number of nitrogens with zero attached hydrogens (tertiary/aromatic N) is 5. The minimum atomic E-state index is -5.14. The Balaban J connectivity index is 1.69. The normalized spacial score (nSPS) is 12.5. The second-order valence-corrected chi connectivity index (χ2v) is 15.7. The zero-order valence-corrected chi connectivity index (χ0v) is 30.2. The van der Waals surface area contributed by atoms with E-state index in [1.807, 2.05) is 0 Å². The number of nitrogens with one attached hydrogen (secondary N) is 2. The van der Waals surface area contributed by atoms with Crippen molar-refractivity contribution in [3.8, 4) is 0 Å². The number of carbonyl (C=O) groups excluding carboxylic acids is 2. The zero-order valence-electron chi connectivity index (χ0n) is 27.7. The van der Waals surface area contributed by atoms with E-state index in [4.69, 9.17) is 0 Å². The Hall–Kier alpha value is -5.92. The van der Waals surface area contributed by atoms with Gasteiger partial charge in [-0.2, -0.15) is 38.4 Å². The van der Waals surface area contributed by atoms with Crippen LogP contribution in [0.5, 0.6) is 0 Å². The predicted octanol–water partition coefficient (Wildman–Crippen LogP) is 5.37. The summed E-state index contributed by atoms with van der Waals surface area (Å²) < 4.78 is 140. The lowest BCUT2D eigenvalue weighted by Gasteiger charge is -2.23.